The van der Waals surface area contributed by atoms with E-state index in [0.717, 1.165) is 38.5 Å². The molecule has 1 aliphatic rings. The first-order valence-corrected chi connectivity index (χ1v) is 8.65. The van der Waals surface area contributed by atoms with Crippen LogP contribution < -0.4 is 5.32 Å². The fourth-order valence-electron chi connectivity index (χ4n) is 3.27. The van der Waals surface area contributed by atoms with Gasteiger partial charge < -0.3 is 10.1 Å². The molecule has 1 aliphatic carbocycles. The molecule has 0 saturated heterocycles. The molecule has 1 atom stereocenters. The molecule has 3 heteroatoms. The third kappa shape index (κ3) is 5.45. The summed E-state index contributed by atoms with van der Waals surface area (Å²) in [5.41, 5.74) is 1.40. The normalized spacial score (nSPS) is 23.0. The lowest BCUT2D eigenvalue weighted by atomic mass is 9.85. The Morgan fingerprint density at radius 1 is 1.23 bits per heavy atom. The van der Waals surface area contributed by atoms with Crippen molar-refractivity contribution in [2.45, 2.75) is 64.5 Å². The summed E-state index contributed by atoms with van der Waals surface area (Å²) in [6.45, 7) is 4.63. The maximum Gasteiger partial charge on any atom is 0.308 e. The molecule has 122 valence electrons. The summed E-state index contributed by atoms with van der Waals surface area (Å²) < 4.78 is 5.13. The average Bonchev–Trinajstić information content (AvgIpc) is 2.55. The lowest BCUT2D eigenvalue weighted by Gasteiger charge is -2.30. The molecule has 0 heterocycles. The van der Waals surface area contributed by atoms with Gasteiger partial charge in [-0.3, -0.25) is 4.79 Å². The maximum absolute atomic E-state index is 11.7. The van der Waals surface area contributed by atoms with Gasteiger partial charge in [-0.2, -0.15) is 0 Å². The smallest absolute Gasteiger partial charge is 0.308 e. The van der Waals surface area contributed by atoms with E-state index in [1.54, 1.807) is 0 Å². The zero-order chi connectivity index (χ0) is 15.8. The van der Waals surface area contributed by atoms with Gasteiger partial charge in [0.2, 0.25) is 0 Å². The third-order valence-corrected chi connectivity index (χ3v) is 4.58. The van der Waals surface area contributed by atoms with E-state index in [1.807, 2.05) is 6.92 Å². The molecule has 22 heavy (non-hydrogen) atoms. The quantitative estimate of drug-likeness (QED) is 0.780. The molecule has 0 radical (unpaired) electrons. The summed E-state index contributed by atoms with van der Waals surface area (Å²) in [7, 11) is 0. The number of rotatable bonds is 7. The van der Waals surface area contributed by atoms with E-state index in [4.69, 9.17) is 4.74 Å². The first-order chi connectivity index (χ1) is 10.7. The topological polar surface area (TPSA) is 38.3 Å². The summed E-state index contributed by atoms with van der Waals surface area (Å²) in [4.78, 5) is 11.7. The number of hydrogen-bond donors (Lipinski definition) is 1. The number of nitrogens with one attached hydrogen (secondary N) is 1. The van der Waals surface area contributed by atoms with E-state index in [-0.39, 0.29) is 11.9 Å². The highest BCUT2D eigenvalue weighted by Crippen LogP contribution is 2.25. The van der Waals surface area contributed by atoms with Gasteiger partial charge in [-0.25, -0.2) is 0 Å². The summed E-state index contributed by atoms with van der Waals surface area (Å²) in [6, 6.07) is 11.7. The Morgan fingerprint density at radius 3 is 2.55 bits per heavy atom. The Balaban J connectivity index is 1.66. The molecule has 0 aromatic heterocycles. The van der Waals surface area contributed by atoms with Crippen LogP contribution in [-0.4, -0.2) is 24.7 Å². The summed E-state index contributed by atoms with van der Waals surface area (Å²) in [5.74, 6) is 0.121. The van der Waals surface area contributed by atoms with Gasteiger partial charge in [0.15, 0.2) is 0 Å². The van der Waals surface area contributed by atoms with Crippen molar-refractivity contribution in [3.8, 4) is 0 Å². The molecule has 1 N–H and O–H groups in total. The number of carbonyl (C=O) groups excluding carboxylic acids is 1. The van der Waals surface area contributed by atoms with E-state index in [0.29, 0.717) is 18.7 Å². The monoisotopic (exact) mass is 303 g/mol. The molecule has 1 fully saturated rings. The van der Waals surface area contributed by atoms with Gasteiger partial charge in [-0.15, -0.1) is 0 Å². The van der Waals surface area contributed by atoms with Gasteiger partial charge in [0.1, 0.15) is 0 Å². The fourth-order valence-corrected chi connectivity index (χ4v) is 3.27. The van der Waals surface area contributed by atoms with Crippen molar-refractivity contribution >= 4 is 5.97 Å². The van der Waals surface area contributed by atoms with Crippen LogP contribution >= 0.6 is 0 Å². The van der Waals surface area contributed by atoms with Crippen molar-refractivity contribution < 1.29 is 9.53 Å². The predicted octanol–water partition coefficient (Wildman–Crippen LogP) is 3.72. The van der Waals surface area contributed by atoms with Crippen LogP contribution in [0.5, 0.6) is 0 Å². The Hall–Kier alpha value is -1.35. The zero-order valence-electron chi connectivity index (χ0n) is 13.9. The molecule has 0 spiro atoms. The lowest BCUT2D eigenvalue weighted by molar-refractivity contribution is -0.149. The number of hydrogen-bond acceptors (Lipinski definition) is 3. The lowest BCUT2D eigenvalue weighted by Crippen LogP contribution is -2.40. The second kappa shape index (κ2) is 8.94. The van der Waals surface area contributed by atoms with Crippen molar-refractivity contribution in [1.29, 1.82) is 0 Å². The first-order valence-electron chi connectivity index (χ1n) is 8.65. The summed E-state index contributed by atoms with van der Waals surface area (Å²) >= 11 is 0. The first kappa shape index (κ1) is 17.0. The number of ether oxygens (including phenoxy) is 1. The third-order valence-electron chi connectivity index (χ3n) is 4.58. The second-order valence-corrected chi connectivity index (χ2v) is 6.39. The van der Waals surface area contributed by atoms with Crippen LogP contribution in [0, 0.1) is 5.92 Å². The molecule has 1 unspecified atom stereocenters. The van der Waals surface area contributed by atoms with Crippen molar-refractivity contribution in [2.75, 3.05) is 6.61 Å². The minimum Gasteiger partial charge on any atom is -0.466 e. The SMILES string of the molecule is CCOC(=O)C1CCC(NC(C)CCc2ccccc2)CC1. The van der Waals surface area contributed by atoms with Crippen LogP contribution in [0.15, 0.2) is 30.3 Å². The largest absolute Gasteiger partial charge is 0.466 e. The molecule has 3 nitrogen and oxygen atoms in total. The Morgan fingerprint density at radius 2 is 1.91 bits per heavy atom. The molecule has 1 saturated carbocycles. The van der Waals surface area contributed by atoms with E-state index < -0.39 is 0 Å². The van der Waals surface area contributed by atoms with E-state index in [9.17, 15) is 4.79 Å². The van der Waals surface area contributed by atoms with E-state index in [1.165, 1.54) is 5.56 Å². The van der Waals surface area contributed by atoms with E-state index >= 15 is 0 Å². The maximum atomic E-state index is 11.7. The minimum atomic E-state index is -0.00178. The van der Waals surface area contributed by atoms with Gasteiger partial charge in [0.05, 0.1) is 12.5 Å². The molecule has 1 aromatic rings. The summed E-state index contributed by atoms with van der Waals surface area (Å²) in [6.07, 6.45) is 6.36. The van der Waals surface area contributed by atoms with Crippen LogP contribution in [0.2, 0.25) is 0 Å². The summed E-state index contributed by atoms with van der Waals surface area (Å²) in [5, 5.41) is 3.73. The van der Waals surface area contributed by atoms with Crippen molar-refractivity contribution in [3.63, 3.8) is 0 Å². The highest BCUT2D eigenvalue weighted by atomic mass is 16.5. The molecule has 0 amide bonds. The molecular formula is C19H29NO2. The second-order valence-electron chi connectivity index (χ2n) is 6.39. The van der Waals surface area contributed by atoms with Gasteiger partial charge >= 0.3 is 5.97 Å². The van der Waals surface area contributed by atoms with Crippen LogP contribution in [-0.2, 0) is 16.0 Å². The van der Waals surface area contributed by atoms with Gasteiger partial charge in [-0.05, 0) is 57.9 Å². The van der Waals surface area contributed by atoms with Crippen LogP contribution in [0.25, 0.3) is 0 Å². The van der Waals surface area contributed by atoms with Crippen LogP contribution in [0.3, 0.4) is 0 Å². The van der Waals surface area contributed by atoms with Gasteiger partial charge in [-0.1, -0.05) is 30.3 Å². The standard InChI is InChI=1S/C19H29NO2/c1-3-22-19(21)17-11-13-18(14-12-17)20-15(2)9-10-16-7-5-4-6-8-16/h4-8,15,17-18,20H,3,9-14H2,1-2H3. The van der Waals surface area contributed by atoms with Gasteiger partial charge in [0, 0.05) is 12.1 Å². The number of benzene rings is 1. The minimum absolute atomic E-state index is 0.00178. The predicted molar refractivity (Wildman–Crippen MR) is 89.7 cm³/mol. The Labute approximate surface area is 134 Å². The molecule has 1 aromatic carbocycles. The average molecular weight is 303 g/mol. The van der Waals surface area contributed by atoms with E-state index in [2.05, 4.69) is 42.6 Å². The Bertz CT molecular complexity index is 438. The fraction of sp³-hybridized carbons (Fsp3) is 0.632. The molecule has 0 aliphatic heterocycles. The zero-order valence-corrected chi connectivity index (χ0v) is 13.9. The highest BCUT2D eigenvalue weighted by Gasteiger charge is 2.27. The molecule has 0 bridgehead atoms. The van der Waals surface area contributed by atoms with Crippen LogP contribution in [0.1, 0.15) is 51.5 Å². The van der Waals surface area contributed by atoms with Gasteiger partial charge in [0.25, 0.3) is 0 Å². The number of esters is 1. The number of aryl methyl sites for hydroxylation is 1. The highest BCUT2D eigenvalue weighted by molar-refractivity contribution is 5.72. The van der Waals surface area contributed by atoms with Crippen molar-refractivity contribution in [2.24, 2.45) is 5.92 Å². The van der Waals surface area contributed by atoms with Crippen molar-refractivity contribution in [3.05, 3.63) is 35.9 Å². The molecule has 2 rings (SSSR count). The van der Waals surface area contributed by atoms with Crippen LogP contribution in [0.4, 0.5) is 0 Å². The number of carbonyl (C=O) groups is 1. The van der Waals surface area contributed by atoms with Crippen molar-refractivity contribution in [1.82, 2.24) is 5.32 Å². The molecular weight excluding hydrogens is 274 g/mol. The Kier molecular flexibility index (Phi) is 6.91.